The quantitative estimate of drug-likeness (QED) is 0.559. The molecule has 48 valence electrons. The van der Waals surface area contributed by atoms with Crippen molar-refractivity contribution in [3.05, 3.63) is 0 Å². The first-order chi connectivity index (χ1) is 4.20. The molecular weight excluding hydrogens is 112 g/mol. The summed E-state index contributed by atoms with van der Waals surface area (Å²) in [6.45, 7) is 3.65. The summed E-state index contributed by atoms with van der Waals surface area (Å²) in [5.74, 6) is 0.0271. The van der Waals surface area contributed by atoms with Crippen molar-refractivity contribution in [1.82, 2.24) is 0 Å². The lowest BCUT2D eigenvalue weighted by Gasteiger charge is -2.00. The van der Waals surface area contributed by atoms with Gasteiger partial charge in [-0.2, -0.15) is 10.5 Å². The fourth-order valence-corrected chi connectivity index (χ4v) is 0.636. The second-order valence-corrected chi connectivity index (χ2v) is 2.30. The van der Waals surface area contributed by atoms with Crippen molar-refractivity contribution in [3.8, 4) is 12.1 Å². The van der Waals surface area contributed by atoms with Crippen LogP contribution >= 0.6 is 0 Å². The molecule has 0 saturated carbocycles. The standard InChI is InChI=1S/C7H10N2/c1-6(4-8)3-7(2)5-9/h6-7H,3H2,1-2H3. The molecule has 9 heavy (non-hydrogen) atoms. The van der Waals surface area contributed by atoms with Gasteiger partial charge in [0.25, 0.3) is 0 Å². The minimum Gasteiger partial charge on any atom is -0.198 e. The fraction of sp³-hybridized carbons (Fsp3) is 0.714. The summed E-state index contributed by atoms with van der Waals surface area (Å²) in [6, 6.07) is 4.16. The van der Waals surface area contributed by atoms with Gasteiger partial charge in [0.2, 0.25) is 0 Å². The summed E-state index contributed by atoms with van der Waals surface area (Å²) < 4.78 is 0. The highest BCUT2D eigenvalue weighted by atomic mass is 14.3. The molecule has 0 aliphatic rings. The molecule has 0 amide bonds. The molecule has 0 radical (unpaired) electrons. The highest BCUT2D eigenvalue weighted by molar-refractivity contribution is 4.86. The fourth-order valence-electron chi connectivity index (χ4n) is 0.636. The number of nitrogens with zero attached hydrogens (tertiary/aromatic N) is 2. The average Bonchev–Trinajstić information content (AvgIpc) is 1.87. The van der Waals surface area contributed by atoms with E-state index in [1.807, 2.05) is 13.8 Å². The third-order valence-electron chi connectivity index (χ3n) is 1.15. The van der Waals surface area contributed by atoms with E-state index in [0.29, 0.717) is 6.42 Å². The maximum Gasteiger partial charge on any atom is 0.0653 e. The van der Waals surface area contributed by atoms with Crippen LogP contribution in [0, 0.1) is 34.5 Å². The van der Waals surface area contributed by atoms with E-state index in [0.717, 1.165) is 0 Å². The molecule has 2 heteroatoms. The minimum absolute atomic E-state index is 0.0136. The van der Waals surface area contributed by atoms with Gasteiger partial charge in [0.05, 0.1) is 12.1 Å². The van der Waals surface area contributed by atoms with Crippen LogP contribution in [0.25, 0.3) is 0 Å². The van der Waals surface area contributed by atoms with Gasteiger partial charge in [-0.15, -0.1) is 0 Å². The minimum atomic E-state index is 0.0136. The first-order valence-corrected chi connectivity index (χ1v) is 3.00. The number of hydrogen-bond acceptors (Lipinski definition) is 2. The highest BCUT2D eigenvalue weighted by Gasteiger charge is 2.04. The summed E-state index contributed by atoms with van der Waals surface area (Å²) in [4.78, 5) is 0. The Morgan fingerprint density at radius 2 is 1.44 bits per heavy atom. The Labute approximate surface area is 55.7 Å². The van der Waals surface area contributed by atoms with Crippen LogP contribution in [0.3, 0.4) is 0 Å². The van der Waals surface area contributed by atoms with Crippen LogP contribution in [0.2, 0.25) is 0 Å². The Bertz CT molecular complexity index is 131. The van der Waals surface area contributed by atoms with Gasteiger partial charge in [-0.25, -0.2) is 0 Å². The van der Waals surface area contributed by atoms with Gasteiger partial charge in [0, 0.05) is 11.8 Å². The molecule has 2 unspecified atom stereocenters. The number of nitriles is 2. The Morgan fingerprint density at radius 3 is 1.67 bits per heavy atom. The van der Waals surface area contributed by atoms with E-state index in [9.17, 15) is 0 Å². The Kier molecular flexibility index (Phi) is 3.48. The Balaban J connectivity index is 3.53. The molecule has 0 saturated heterocycles. The second-order valence-electron chi connectivity index (χ2n) is 2.30. The van der Waals surface area contributed by atoms with Crippen LogP contribution in [0.15, 0.2) is 0 Å². The number of rotatable bonds is 2. The highest BCUT2D eigenvalue weighted by Crippen LogP contribution is 2.08. The van der Waals surface area contributed by atoms with E-state index in [2.05, 4.69) is 12.1 Å². The van der Waals surface area contributed by atoms with Crippen LogP contribution < -0.4 is 0 Å². The molecule has 0 N–H and O–H groups in total. The van der Waals surface area contributed by atoms with Gasteiger partial charge >= 0.3 is 0 Å². The van der Waals surface area contributed by atoms with Crippen molar-refractivity contribution in [2.45, 2.75) is 20.3 Å². The largest absolute Gasteiger partial charge is 0.198 e. The normalized spacial score (nSPS) is 15.1. The lowest BCUT2D eigenvalue weighted by atomic mass is 10.0. The summed E-state index contributed by atoms with van der Waals surface area (Å²) >= 11 is 0. The summed E-state index contributed by atoms with van der Waals surface area (Å²) in [6.07, 6.45) is 0.688. The molecule has 0 aromatic rings. The van der Waals surface area contributed by atoms with Crippen LogP contribution in [0.1, 0.15) is 20.3 Å². The predicted molar refractivity (Wildman–Crippen MR) is 34.2 cm³/mol. The summed E-state index contributed by atoms with van der Waals surface area (Å²) in [5, 5.41) is 16.6. The smallest absolute Gasteiger partial charge is 0.0653 e. The summed E-state index contributed by atoms with van der Waals surface area (Å²) in [7, 11) is 0. The molecule has 0 bridgehead atoms. The van der Waals surface area contributed by atoms with Crippen LogP contribution in [-0.4, -0.2) is 0 Å². The molecule has 0 spiro atoms. The average molecular weight is 122 g/mol. The van der Waals surface area contributed by atoms with E-state index < -0.39 is 0 Å². The van der Waals surface area contributed by atoms with Gasteiger partial charge in [-0.3, -0.25) is 0 Å². The monoisotopic (exact) mass is 122 g/mol. The SMILES string of the molecule is CC(C#N)CC(C)C#N. The summed E-state index contributed by atoms with van der Waals surface area (Å²) in [5.41, 5.74) is 0. The first kappa shape index (κ1) is 7.98. The topological polar surface area (TPSA) is 47.6 Å². The third-order valence-corrected chi connectivity index (χ3v) is 1.15. The zero-order chi connectivity index (χ0) is 7.28. The number of hydrogen-bond donors (Lipinski definition) is 0. The Morgan fingerprint density at radius 1 is 1.11 bits per heavy atom. The van der Waals surface area contributed by atoms with Crippen molar-refractivity contribution in [2.75, 3.05) is 0 Å². The zero-order valence-electron chi connectivity index (χ0n) is 5.76. The van der Waals surface area contributed by atoms with Crippen LogP contribution in [-0.2, 0) is 0 Å². The van der Waals surface area contributed by atoms with Gasteiger partial charge in [0.15, 0.2) is 0 Å². The van der Waals surface area contributed by atoms with E-state index >= 15 is 0 Å². The van der Waals surface area contributed by atoms with E-state index in [-0.39, 0.29) is 11.8 Å². The maximum atomic E-state index is 8.32. The van der Waals surface area contributed by atoms with Crippen molar-refractivity contribution >= 4 is 0 Å². The van der Waals surface area contributed by atoms with Gasteiger partial charge in [0.1, 0.15) is 0 Å². The van der Waals surface area contributed by atoms with Crippen molar-refractivity contribution in [2.24, 2.45) is 11.8 Å². The van der Waals surface area contributed by atoms with E-state index in [1.165, 1.54) is 0 Å². The maximum absolute atomic E-state index is 8.32. The van der Waals surface area contributed by atoms with E-state index in [1.54, 1.807) is 0 Å². The molecule has 0 heterocycles. The molecular formula is C7H10N2. The molecule has 0 aromatic heterocycles. The van der Waals surface area contributed by atoms with Crippen LogP contribution in [0.4, 0.5) is 0 Å². The van der Waals surface area contributed by atoms with E-state index in [4.69, 9.17) is 10.5 Å². The zero-order valence-corrected chi connectivity index (χ0v) is 5.76. The Hall–Kier alpha value is -1.02. The van der Waals surface area contributed by atoms with Crippen molar-refractivity contribution in [1.29, 1.82) is 10.5 Å². The van der Waals surface area contributed by atoms with Crippen LogP contribution in [0.5, 0.6) is 0 Å². The van der Waals surface area contributed by atoms with Gasteiger partial charge in [-0.1, -0.05) is 0 Å². The lowest BCUT2D eigenvalue weighted by Crippen LogP contribution is -1.97. The van der Waals surface area contributed by atoms with Gasteiger partial charge in [-0.05, 0) is 20.3 Å². The molecule has 0 aromatic carbocycles. The van der Waals surface area contributed by atoms with Crippen molar-refractivity contribution in [3.63, 3.8) is 0 Å². The molecule has 0 aliphatic carbocycles. The van der Waals surface area contributed by atoms with Crippen molar-refractivity contribution < 1.29 is 0 Å². The second kappa shape index (κ2) is 3.92. The molecule has 0 aliphatic heterocycles. The van der Waals surface area contributed by atoms with Gasteiger partial charge < -0.3 is 0 Å². The molecule has 2 atom stereocenters. The first-order valence-electron chi connectivity index (χ1n) is 3.00. The molecule has 2 nitrogen and oxygen atoms in total. The molecule has 0 fully saturated rings. The predicted octanol–water partition coefficient (Wildman–Crippen LogP) is 1.70. The molecule has 0 rings (SSSR count). The third kappa shape index (κ3) is 3.55. The lowest BCUT2D eigenvalue weighted by molar-refractivity contribution is 0.561.